The third-order valence-electron chi connectivity index (χ3n) is 3.09. The number of hydrogen-bond donors (Lipinski definition) is 1. The van der Waals surface area contributed by atoms with Crippen LogP contribution in [0.5, 0.6) is 0 Å². The molecular weight excluding hydrogens is 243 g/mol. The average Bonchev–Trinajstić information content (AvgIpc) is 3.12. The van der Waals surface area contributed by atoms with E-state index in [4.69, 9.17) is 5.73 Å². The number of nitrogens with two attached hydrogens (primary N) is 1. The van der Waals surface area contributed by atoms with Gasteiger partial charge in [0.25, 0.3) is 0 Å². The fourth-order valence-corrected chi connectivity index (χ4v) is 2.16. The third-order valence-corrected chi connectivity index (χ3v) is 3.09. The fourth-order valence-electron chi connectivity index (χ4n) is 2.16. The molecule has 6 heteroatoms. The van der Waals surface area contributed by atoms with Crippen LogP contribution in [-0.4, -0.2) is 35.2 Å². The molecule has 0 aromatic carbocycles. The van der Waals surface area contributed by atoms with Gasteiger partial charge in [-0.15, -0.1) is 0 Å². The molecule has 0 radical (unpaired) electrons. The molecule has 2 rings (SSSR count). The van der Waals surface area contributed by atoms with E-state index >= 15 is 0 Å². The van der Waals surface area contributed by atoms with Crippen molar-refractivity contribution < 1.29 is 13.2 Å². The van der Waals surface area contributed by atoms with Gasteiger partial charge < -0.3 is 5.73 Å². The molecule has 3 nitrogen and oxygen atoms in total. The van der Waals surface area contributed by atoms with Gasteiger partial charge in [-0.25, -0.2) is 0 Å². The van der Waals surface area contributed by atoms with Crippen molar-refractivity contribution in [1.82, 2.24) is 9.88 Å². The highest BCUT2D eigenvalue weighted by Gasteiger charge is 2.41. The summed E-state index contributed by atoms with van der Waals surface area (Å²) in [5.41, 5.74) is 6.46. The van der Waals surface area contributed by atoms with E-state index in [0.29, 0.717) is 0 Å². The SMILES string of the molecule is NCC(c1ccncc1)N(CC(F)(F)F)C1CC1. The van der Waals surface area contributed by atoms with E-state index in [-0.39, 0.29) is 18.6 Å². The first-order chi connectivity index (χ1) is 8.51. The van der Waals surface area contributed by atoms with Crippen LogP contribution in [0.2, 0.25) is 0 Å². The van der Waals surface area contributed by atoms with E-state index in [1.54, 1.807) is 24.5 Å². The summed E-state index contributed by atoms with van der Waals surface area (Å²) in [7, 11) is 0. The van der Waals surface area contributed by atoms with Crippen molar-refractivity contribution >= 4 is 0 Å². The molecule has 1 aromatic rings. The van der Waals surface area contributed by atoms with Crippen LogP contribution in [0.15, 0.2) is 24.5 Å². The average molecular weight is 259 g/mol. The van der Waals surface area contributed by atoms with Crippen molar-refractivity contribution in [3.8, 4) is 0 Å². The minimum atomic E-state index is -4.19. The molecule has 0 aliphatic heterocycles. The van der Waals surface area contributed by atoms with Gasteiger partial charge in [0.15, 0.2) is 0 Å². The number of aromatic nitrogens is 1. The van der Waals surface area contributed by atoms with Crippen molar-refractivity contribution in [2.24, 2.45) is 5.73 Å². The molecule has 0 saturated heterocycles. The second kappa shape index (κ2) is 5.24. The van der Waals surface area contributed by atoms with E-state index in [2.05, 4.69) is 4.98 Å². The van der Waals surface area contributed by atoms with Crippen LogP contribution in [0.25, 0.3) is 0 Å². The summed E-state index contributed by atoms with van der Waals surface area (Å²) in [5, 5.41) is 0. The van der Waals surface area contributed by atoms with Crippen LogP contribution in [0.4, 0.5) is 13.2 Å². The molecule has 1 aromatic heterocycles. The van der Waals surface area contributed by atoms with Crippen molar-refractivity contribution in [3.05, 3.63) is 30.1 Å². The lowest BCUT2D eigenvalue weighted by Gasteiger charge is -2.31. The molecule has 1 atom stereocenters. The first-order valence-corrected chi connectivity index (χ1v) is 5.94. The summed E-state index contributed by atoms with van der Waals surface area (Å²) in [6, 6.07) is 3.07. The van der Waals surface area contributed by atoms with Gasteiger partial charge in [-0.3, -0.25) is 9.88 Å². The normalized spacial score (nSPS) is 18.1. The zero-order valence-electron chi connectivity index (χ0n) is 9.90. The summed E-state index contributed by atoms with van der Waals surface area (Å²) in [4.78, 5) is 5.34. The Morgan fingerprint density at radius 1 is 1.33 bits per heavy atom. The quantitative estimate of drug-likeness (QED) is 0.880. The Morgan fingerprint density at radius 3 is 2.39 bits per heavy atom. The van der Waals surface area contributed by atoms with Gasteiger partial charge in [0.2, 0.25) is 0 Å². The van der Waals surface area contributed by atoms with Crippen LogP contribution in [-0.2, 0) is 0 Å². The molecule has 1 aliphatic rings. The highest BCUT2D eigenvalue weighted by molar-refractivity contribution is 5.16. The number of hydrogen-bond acceptors (Lipinski definition) is 3. The predicted molar refractivity (Wildman–Crippen MR) is 61.8 cm³/mol. The van der Waals surface area contributed by atoms with Gasteiger partial charge >= 0.3 is 6.18 Å². The smallest absolute Gasteiger partial charge is 0.329 e. The monoisotopic (exact) mass is 259 g/mol. The van der Waals surface area contributed by atoms with Gasteiger partial charge in [0.1, 0.15) is 0 Å². The van der Waals surface area contributed by atoms with Crippen LogP contribution < -0.4 is 5.73 Å². The number of pyridine rings is 1. The molecule has 18 heavy (non-hydrogen) atoms. The van der Waals surface area contributed by atoms with Gasteiger partial charge in [0, 0.05) is 31.0 Å². The van der Waals surface area contributed by atoms with E-state index in [9.17, 15) is 13.2 Å². The van der Waals surface area contributed by atoms with Gasteiger partial charge in [0.05, 0.1) is 6.54 Å². The Balaban J connectivity index is 2.17. The lowest BCUT2D eigenvalue weighted by atomic mass is 10.1. The Morgan fingerprint density at radius 2 is 1.94 bits per heavy atom. The minimum absolute atomic E-state index is 0.00772. The Bertz CT molecular complexity index is 376. The molecule has 1 heterocycles. The molecule has 0 amide bonds. The molecule has 100 valence electrons. The standard InChI is InChI=1S/C12H16F3N3/c13-12(14,15)8-18(10-1-2-10)11(7-16)9-3-5-17-6-4-9/h3-6,10-11H,1-2,7-8,16H2. The minimum Gasteiger partial charge on any atom is -0.329 e. The Labute approximate surface area is 104 Å². The predicted octanol–water partition coefficient (Wildman–Crippen LogP) is 2.11. The van der Waals surface area contributed by atoms with Crippen molar-refractivity contribution in [2.75, 3.05) is 13.1 Å². The number of nitrogens with zero attached hydrogens (tertiary/aromatic N) is 2. The number of rotatable bonds is 5. The van der Waals surface area contributed by atoms with E-state index < -0.39 is 12.7 Å². The Kier molecular flexibility index (Phi) is 3.87. The Hall–Kier alpha value is -1.14. The maximum absolute atomic E-state index is 12.6. The lowest BCUT2D eigenvalue weighted by Crippen LogP contribution is -2.41. The van der Waals surface area contributed by atoms with Crippen LogP contribution in [0.1, 0.15) is 24.4 Å². The van der Waals surface area contributed by atoms with E-state index in [0.717, 1.165) is 18.4 Å². The molecule has 1 saturated carbocycles. The number of alkyl halides is 3. The molecule has 1 aliphatic carbocycles. The molecule has 1 fully saturated rings. The highest BCUT2D eigenvalue weighted by Crippen LogP contribution is 2.36. The maximum atomic E-state index is 12.6. The zero-order valence-corrected chi connectivity index (χ0v) is 9.90. The second-order valence-corrected chi connectivity index (χ2v) is 4.55. The second-order valence-electron chi connectivity index (χ2n) is 4.55. The van der Waals surface area contributed by atoms with Crippen molar-refractivity contribution in [2.45, 2.75) is 31.1 Å². The molecule has 1 unspecified atom stereocenters. The topological polar surface area (TPSA) is 42.1 Å². The van der Waals surface area contributed by atoms with Crippen molar-refractivity contribution in [1.29, 1.82) is 0 Å². The zero-order chi connectivity index (χ0) is 13.2. The first kappa shape index (κ1) is 13.3. The third kappa shape index (κ3) is 3.43. The van der Waals surface area contributed by atoms with Gasteiger partial charge in [-0.2, -0.15) is 13.2 Å². The van der Waals surface area contributed by atoms with E-state index in [1.807, 2.05) is 0 Å². The summed E-state index contributed by atoms with van der Waals surface area (Å²) in [6.45, 7) is -0.724. The summed E-state index contributed by atoms with van der Waals surface area (Å²) in [6.07, 6.45) is 0.603. The summed E-state index contributed by atoms with van der Waals surface area (Å²) >= 11 is 0. The molecule has 2 N–H and O–H groups in total. The maximum Gasteiger partial charge on any atom is 0.401 e. The van der Waals surface area contributed by atoms with Gasteiger partial charge in [-0.05, 0) is 30.5 Å². The molecular formula is C12H16F3N3. The lowest BCUT2D eigenvalue weighted by molar-refractivity contribution is -0.152. The fraction of sp³-hybridized carbons (Fsp3) is 0.583. The summed E-state index contributed by atoms with van der Waals surface area (Å²) < 4.78 is 37.8. The van der Waals surface area contributed by atoms with Crippen molar-refractivity contribution in [3.63, 3.8) is 0 Å². The van der Waals surface area contributed by atoms with E-state index in [1.165, 1.54) is 4.90 Å². The van der Waals surface area contributed by atoms with Crippen LogP contribution >= 0.6 is 0 Å². The van der Waals surface area contributed by atoms with Crippen LogP contribution in [0, 0.1) is 0 Å². The summed E-state index contributed by atoms with van der Waals surface area (Å²) in [5.74, 6) is 0. The van der Waals surface area contributed by atoms with Gasteiger partial charge in [-0.1, -0.05) is 0 Å². The number of halogens is 3. The largest absolute Gasteiger partial charge is 0.401 e. The highest BCUT2D eigenvalue weighted by atomic mass is 19.4. The van der Waals surface area contributed by atoms with Crippen LogP contribution in [0.3, 0.4) is 0 Å². The molecule has 0 bridgehead atoms. The first-order valence-electron chi connectivity index (χ1n) is 5.94. The molecule has 0 spiro atoms.